The van der Waals surface area contributed by atoms with Gasteiger partial charge in [0.1, 0.15) is 11.7 Å². The summed E-state index contributed by atoms with van der Waals surface area (Å²) < 4.78 is 19.6. The fourth-order valence-corrected chi connectivity index (χ4v) is 5.03. The third-order valence-electron chi connectivity index (χ3n) is 5.36. The van der Waals surface area contributed by atoms with Gasteiger partial charge in [0.15, 0.2) is 0 Å². The van der Waals surface area contributed by atoms with E-state index in [4.69, 9.17) is 4.74 Å². The fourth-order valence-electron chi connectivity index (χ4n) is 3.80. The van der Waals surface area contributed by atoms with Crippen LogP contribution in [0.2, 0.25) is 0 Å². The van der Waals surface area contributed by atoms with Crippen LogP contribution in [-0.2, 0) is 21.1 Å². The van der Waals surface area contributed by atoms with E-state index in [1.807, 2.05) is 55.5 Å². The summed E-state index contributed by atoms with van der Waals surface area (Å²) in [7, 11) is -1.23. The standard InChI is InChI=1S/C24H24O2S/c1-17(2)24(19-9-5-4-6-10-19)23(26-24)21-11-7-8-12-22(21)27(25)20-15-13-18(3)14-16-20/h4-17,23H,1-3H3/t23-,24-,27?/m0/s1. The highest BCUT2D eigenvalue weighted by molar-refractivity contribution is 7.85. The van der Waals surface area contributed by atoms with E-state index >= 15 is 0 Å². The average Bonchev–Trinajstić information content (AvgIpc) is 3.46. The number of aryl methyl sites for hydroxylation is 1. The molecule has 0 N–H and O–H groups in total. The molecule has 1 heterocycles. The predicted octanol–water partition coefficient (Wildman–Crippen LogP) is 5.78. The third kappa shape index (κ3) is 3.15. The second kappa shape index (κ2) is 7.06. The normalized spacial score (nSPS) is 22.6. The van der Waals surface area contributed by atoms with Crippen LogP contribution in [0.3, 0.4) is 0 Å². The van der Waals surface area contributed by atoms with Crippen LogP contribution in [0, 0.1) is 12.8 Å². The molecule has 0 saturated carbocycles. The van der Waals surface area contributed by atoms with Gasteiger partial charge in [-0.15, -0.1) is 0 Å². The molecule has 138 valence electrons. The van der Waals surface area contributed by atoms with Crippen LogP contribution in [0.25, 0.3) is 0 Å². The minimum absolute atomic E-state index is 0.0782. The molecule has 4 rings (SSSR count). The first-order chi connectivity index (χ1) is 13.0. The number of rotatable bonds is 5. The van der Waals surface area contributed by atoms with Crippen molar-refractivity contribution in [3.05, 3.63) is 95.6 Å². The molecule has 3 aromatic carbocycles. The van der Waals surface area contributed by atoms with Crippen LogP contribution < -0.4 is 0 Å². The summed E-state index contributed by atoms with van der Waals surface area (Å²) in [5.74, 6) is 0.311. The first-order valence-corrected chi connectivity index (χ1v) is 10.5. The maximum absolute atomic E-state index is 13.3. The van der Waals surface area contributed by atoms with Crippen LogP contribution >= 0.6 is 0 Å². The largest absolute Gasteiger partial charge is 0.356 e. The van der Waals surface area contributed by atoms with Crippen molar-refractivity contribution < 1.29 is 8.95 Å². The van der Waals surface area contributed by atoms with Crippen LogP contribution in [0.4, 0.5) is 0 Å². The van der Waals surface area contributed by atoms with E-state index in [0.717, 1.165) is 20.9 Å². The number of ether oxygens (including phenoxy) is 1. The van der Waals surface area contributed by atoms with Gasteiger partial charge in [-0.2, -0.15) is 0 Å². The van der Waals surface area contributed by atoms with E-state index < -0.39 is 10.8 Å². The zero-order chi connectivity index (χ0) is 19.0. The first-order valence-electron chi connectivity index (χ1n) is 9.34. The van der Waals surface area contributed by atoms with Crippen molar-refractivity contribution in [2.45, 2.75) is 42.3 Å². The van der Waals surface area contributed by atoms with Crippen LogP contribution in [0.5, 0.6) is 0 Å². The van der Waals surface area contributed by atoms with Crippen LogP contribution in [-0.4, -0.2) is 4.21 Å². The van der Waals surface area contributed by atoms with E-state index in [2.05, 4.69) is 44.2 Å². The molecule has 1 saturated heterocycles. The molecule has 3 heteroatoms. The van der Waals surface area contributed by atoms with E-state index in [-0.39, 0.29) is 11.7 Å². The van der Waals surface area contributed by atoms with Crippen LogP contribution in [0.1, 0.15) is 36.6 Å². The Morgan fingerprint density at radius 2 is 1.52 bits per heavy atom. The second-order valence-electron chi connectivity index (χ2n) is 7.43. The number of epoxide rings is 1. The topological polar surface area (TPSA) is 29.6 Å². The van der Waals surface area contributed by atoms with E-state index in [1.54, 1.807) is 0 Å². The lowest BCUT2D eigenvalue weighted by Crippen LogP contribution is -2.18. The third-order valence-corrected chi connectivity index (χ3v) is 6.84. The Bertz CT molecular complexity index is 963. The summed E-state index contributed by atoms with van der Waals surface area (Å²) in [5, 5.41) is 0. The van der Waals surface area contributed by atoms with Crippen molar-refractivity contribution in [1.29, 1.82) is 0 Å². The van der Waals surface area contributed by atoms with Crippen molar-refractivity contribution in [2.75, 3.05) is 0 Å². The molecule has 1 unspecified atom stereocenters. The van der Waals surface area contributed by atoms with Gasteiger partial charge in [0.05, 0.1) is 10.8 Å². The summed E-state index contributed by atoms with van der Waals surface area (Å²) >= 11 is 0. The molecule has 1 aliphatic heterocycles. The van der Waals surface area contributed by atoms with E-state index in [0.29, 0.717) is 5.92 Å². The molecule has 1 fully saturated rings. The summed E-state index contributed by atoms with van der Waals surface area (Å²) in [6.45, 7) is 6.41. The Morgan fingerprint density at radius 1 is 0.889 bits per heavy atom. The van der Waals surface area contributed by atoms with Gasteiger partial charge in [-0.1, -0.05) is 80.1 Å². The maximum atomic E-state index is 13.3. The van der Waals surface area contributed by atoms with Gasteiger partial charge < -0.3 is 4.74 Å². The van der Waals surface area contributed by atoms with Gasteiger partial charge in [-0.05, 0) is 36.6 Å². The lowest BCUT2D eigenvalue weighted by molar-refractivity contribution is 0.238. The van der Waals surface area contributed by atoms with Gasteiger partial charge >= 0.3 is 0 Å². The van der Waals surface area contributed by atoms with E-state index in [9.17, 15) is 4.21 Å². The van der Waals surface area contributed by atoms with Crippen molar-refractivity contribution >= 4 is 10.8 Å². The zero-order valence-electron chi connectivity index (χ0n) is 15.9. The number of benzene rings is 3. The molecule has 3 aromatic rings. The van der Waals surface area contributed by atoms with Gasteiger partial charge in [-0.3, -0.25) is 0 Å². The monoisotopic (exact) mass is 376 g/mol. The smallest absolute Gasteiger partial charge is 0.127 e. The summed E-state index contributed by atoms with van der Waals surface area (Å²) in [5.41, 5.74) is 3.02. The molecule has 0 aromatic heterocycles. The molecule has 0 amide bonds. The van der Waals surface area contributed by atoms with Crippen molar-refractivity contribution in [3.63, 3.8) is 0 Å². The van der Waals surface area contributed by atoms with Crippen LogP contribution in [0.15, 0.2) is 88.7 Å². The maximum Gasteiger partial charge on any atom is 0.127 e. The Morgan fingerprint density at radius 3 is 2.19 bits per heavy atom. The number of hydrogen-bond acceptors (Lipinski definition) is 2. The van der Waals surface area contributed by atoms with Gasteiger partial charge in [0, 0.05) is 15.4 Å². The quantitative estimate of drug-likeness (QED) is 0.528. The lowest BCUT2D eigenvalue weighted by atomic mass is 9.83. The van der Waals surface area contributed by atoms with Crippen molar-refractivity contribution in [1.82, 2.24) is 0 Å². The summed E-state index contributed by atoms with van der Waals surface area (Å²) in [4.78, 5) is 1.66. The summed E-state index contributed by atoms with van der Waals surface area (Å²) in [6, 6.07) is 26.2. The molecule has 2 nitrogen and oxygen atoms in total. The predicted molar refractivity (Wildman–Crippen MR) is 109 cm³/mol. The Hall–Kier alpha value is -2.23. The molecule has 0 radical (unpaired) electrons. The van der Waals surface area contributed by atoms with Crippen molar-refractivity contribution in [2.24, 2.45) is 5.92 Å². The molecular formula is C24H24O2S. The van der Waals surface area contributed by atoms with E-state index in [1.165, 1.54) is 5.56 Å². The average molecular weight is 377 g/mol. The molecule has 3 atom stereocenters. The lowest BCUT2D eigenvalue weighted by Gasteiger charge is -2.18. The first kappa shape index (κ1) is 18.1. The highest BCUT2D eigenvalue weighted by Crippen LogP contribution is 2.62. The summed E-state index contributed by atoms with van der Waals surface area (Å²) in [6.07, 6.45) is -0.0782. The molecule has 0 bridgehead atoms. The van der Waals surface area contributed by atoms with Gasteiger partial charge in [-0.25, -0.2) is 4.21 Å². The second-order valence-corrected chi connectivity index (χ2v) is 8.88. The van der Waals surface area contributed by atoms with Gasteiger partial charge in [0.2, 0.25) is 0 Å². The molecular weight excluding hydrogens is 352 g/mol. The Balaban J connectivity index is 1.74. The zero-order valence-corrected chi connectivity index (χ0v) is 16.7. The fraction of sp³-hybridized carbons (Fsp3) is 0.250. The minimum atomic E-state index is -1.23. The SMILES string of the molecule is Cc1ccc(S(=O)c2ccccc2[C@@H]2O[C@]2(c2ccccc2)C(C)C)cc1. The van der Waals surface area contributed by atoms with Crippen molar-refractivity contribution in [3.8, 4) is 0 Å². The molecule has 1 aliphatic rings. The molecule has 0 aliphatic carbocycles. The Kier molecular flexibility index (Phi) is 4.75. The Labute approximate surface area is 163 Å². The highest BCUT2D eigenvalue weighted by atomic mass is 32.2. The highest BCUT2D eigenvalue weighted by Gasteiger charge is 2.61. The minimum Gasteiger partial charge on any atom is -0.356 e. The molecule has 0 spiro atoms. The van der Waals surface area contributed by atoms with Gasteiger partial charge in [0.25, 0.3) is 0 Å². The number of hydrogen-bond donors (Lipinski definition) is 0. The molecule has 27 heavy (non-hydrogen) atoms.